The number of hydrogen-bond acceptors (Lipinski definition) is 4. The number of aromatic nitrogens is 2. The third-order valence-electron chi connectivity index (χ3n) is 2.91. The van der Waals surface area contributed by atoms with Gasteiger partial charge in [-0.05, 0) is 13.8 Å². The van der Waals surface area contributed by atoms with Gasteiger partial charge in [-0.15, -0.1) is 0 Å². The molecule has 96 valence electrons. The Balaban J connectivity index is 2.23. The second-order valence-corrected chi connectivity index (χ2v) is 6.15. The quantitative estimate of drug-likeness (QED) is 0.821. The lowest BCUT2D eigenvalue weighted by atomic mass is 10.3. The van der Waals surface area contributed by atoms with E-state index in [-0.39, 0.29) is 11.1 Å². The second kappa shape index (κ2) is 4.75. The largest absolute Gasteiger partial charge is 0.336 e. The number of nitrogens with one attached hydrogen (secondary N) is 1. The zero-order valence-corrected chi connectivity index (χ0v) is 10.9. The van der Waals surface area contributed by atoms with Gasteiger partial charge in [0.05, 0.1) is 6.33 Å². The molecule has 0 aromatic carbocycles. The van der Waals surface area contributed by atoms with Crippen LogP contribution < -0.4 is 5.32 Å². The molecule has 1 unspecified atom stereocenters. The summed E-state index contributed by atoms with van der Waals surface area (Å²) in [7, 11) is -3.42. The van der Waals surface area contributed by atoms with E-state index >= 15 is 0 Å². The highest BCUT2D eigenvalue weighted by atomic mass is 32.2. The van der Waals surface area contributed by atoms with E-state index in [1.54, 1.807) is 17.1 Å². The van der Waals surface area contributed by atoms with E-state index < -0.39 is 10.0 Å². The normalized spacial score (nSPS) is 22.8. The molecule has 1 atom stereocenters. The zero-order chi connectivity index (χ0) is 12.5. The molecule has 0 bridgehead atoms. The number of hydrogen-bond donors (Lipinski definition) is 1. The van der Waals surface area contributed by atoms with Crippen molar-refractivity contribution in [3.05, 3.63) is 12.5 Å². The summed E-state index contributed by atoms with van der Waals surface area (Å²) in [6.45, 7) is 6.35. The Bertz CT molecular complexity index is 482. The fraction of sp³-hybridized carbons (Fsp3) is 0.700. The molecule has 1 aliphatic rings. The summed E-state index contributed by atoms with van der Waals surface area (Å²) in [5.74, 6) is 0. The van der Waals surface area contributed by atoms with E-state index in [0.29, 0.717) is 19.6 Å². The molecule has 1 N–H and O–H groups in total. The zero-order valence-electron chi connectivity index (χ0n) is 10.1. The van der Waals surface area contributed by atoms with Gasteiger partial charge in [-0.1, -0.05) is 0 Å². The van der Waals surface area contributed by atoms with Crippen LogP contribution in [0.5, 0.6) is 0 Å². The van der Waals surface area contributed by atoms with Crippen LogP contribution in [0.15, 0.2) is 17.6 Å². The topological polar surface area (TPSA) is 67.2 Å². The van der Waals surface area contributed by atoms with E-state index in [4.69, 9.17) is 0 Å². The van der Waals surface area contributed by atoms with Crippen molar-refractivity contribution in [2.45, 2.75) is 31.5 Å². The fourth-order valence-corrected chi connectivity index (χ4v) is 3.36. The maximum absolute atomic E-state index is 12.3. The van der Waals surface area contributed by atoms with Gasteiger partial charge >= 0.3 is 0 Å². The van der Waals surface area contributed by atoms with Gasteiger partial charge in [-0.25, -0.2) is 13.4 Å². The van der Waals surface area contributed by atoms with Crippen LogP contribution >= 0.6 is 0 Å². The van der Waals surface area contributed by atoms with Crippen molar-refractivity contribution in [3.8, 4) is 0 Å². The van der Waals surface area contributed by atoms with Gasteiger partial charge in [-0.2, -0.15) is 4.31 Å². The average molecular weight is 258 g/mol. The molecule has 0 amide bonds. The summed E-state index contributed by atoms with van der Waals surface area (Å²) >= 11 is 0. The number of imidazole rings is 1. The predicted octanol–water partition coefficient (Wildman–Crippen LogP) is -0.115. The highest BCUT2D eigenvalue weighted by molar-refractivity contribution is 7.89. The summed E-state index contributed by atoms with van der Waals surface area (Å²) in [6, 6.07) is 0.187. The summed E-state index contributed by atoms with van der Waals surface area (Å²) in [5, 5.41) is 3.37. The molecule has 1 aromatic heterocycles. The van der Waals surface area contributed by atoms with Crippen molar-refractivity contribution >= 4 is 10.0 Å². The molecule has 1 fully saturated rings. The maximum atomic E-state index is 12.3. The van der Waals surface area contributed by atoms with Crippen LogP contribution in [-0.4, -0.2) is 48.0 Å². The smallest absolute Gasteiger partial charge is 0.262 e. The number of sulfonamides is 1. The van der Waals surface area contributed by atoms with Crippen LogP contribution in [0.25, 0.3) is 0 Å². The van der Waals surface area contributed by atoms with Crippen molar-refractivity contribution in [3.63, 3.8) is 0 Å². The lowest BCUT2D eigenvalue weighted by Gasteiger charge is -2.30. The van der Waals surface area contributed by atoms with Gasteiger partial charge in [0.1, 0.15) is 0 Å². The Labute approximate surface area is 102 Å². The molecule has 0 radical (unpaired) electrons. The van der Waals surface area contributed by atoms with Crippen LogP contribution in [0.3, 0.4) is 0 Å². The number of rotatable bonds is 3. The van der Waals surface area contributed by atoms with Crippen molar-refractivity contribution in [2.75, 3.05) is 19.6 Å². The van der Waals surface area contributed by atoms with Crippen LogP contribution in [0.1, 0.15) is 13.8 Å². The van der Waals surface area contributed by atoms with Gasteiger partial charge in [0.2, 0.25) is 0 Å². The van der Waals surface area contributed by atoms with E-state index in [1.807, 2.05) is 13.8 Å². The van der Waals surface area contributed by atoms with E-state index in [0.717, 1.165) is 6.54 Å². The first-order valence-corrected chi connectivity index (χ1v) is 7.23. The Morgan fingerprint density at radius 2 is 2.35 bits per heavy atom. The van der Waals surface area contributed by atoms with E-state index in [9.17, 15) is 8.42 Å². The molecule has 6 nitrogen and oxygen atoms in total. The van der Waals surface area contributed by atoms with Crippen molar-refractivity contribution in [2.24, 2.45) is 0 Å². The van der Waals surface area contributed by atoms with Gasteiger partial charge in [0.25, 0.3) is 10.0 Å². The Morgan fingerprint density at radius 3 is 2.94 bits per heavy atom. The molecule has 1 aliphatic heterocycles. The van der Waals surface area contributed by atoms with Crippen LogP contribution in [-0.2, 0) is 16.6 Å². The standard InChI is InChI=1S/C10H18N4O2S/c1-3-13-7-10(12-8-13)17(15,16)14-5-4-11-9(2)6-14/h7-9,11H,3-6H2,1-2H3. The minimum atomic E-state index is -3.42. The van der Waals surface area contributed by atoms with Crippen molar-refractivity contribution in [1.29, 1.82) is 0 Å². The molecule has 2 rings (SSSR count). The molecule has 1 aromatic rings. The number of nitrogens with zero attached hydrogens (tertiary/aromatic N) is 3. The summed E-state index contributed by atoms with van der Waals surface area (Å²) in [5.41, 5.74) is 0. The van der Waals surface area contributed by atoms with E-state index in [1.165, 1.54) is 4.31 Å². The number of piperazine rings is 1. The molecule has 1 saturated heterocycles. The van der Waals surface area contributed by atoms with Gasteiger partial charge < -0.3 is 9.88 Å². The second-order valence-electron chi connectivity index (χ2n) is 4.26. The maximum Gasteiger partial charge on any atom is 0.262 e. The van der Waals surface area contributed by atoms with Gasteiger partial charge in [0.15, 0.2) is 5.03 Å². The lowest BCUT2D eigenvalue weighted by Crippen LogP contribution is -2.51. The molecule has 17 heavy (non-hydrogen) atoms. The van der Waals surface area contributed by atoms with Crippen molar-refractivity contribution in [1.82, 2.24) is 19.2 Å². The van der Waals surface area contributed by atoms with Crippen LogP contribution in [0.2, 0.25) is 0 Å². The fourth-order valence-electron chi connectivity index (χ4n) is 1.89. The minimum Gasteiger partial charge on any atom is -0.336 e. The molecule has 7 heteroatoms. The van der Waals surface area contributed by atoms with Gasteiger partial charge in [-0.3, -0.25) is 0 Å². The molecule has 0 aliphatic carbocycles. The summed E-state index contributed by atoms with van der Waals surface area (Å²) in [4.78, 5) is 3.97. The average Bonchev–Trinajstić information content (AvgIpc) is 2.78. The van der Waals surface area contributed by atoms with Crippen molar-refractivity contribution < 1.29 is 8.42 Å². The highest BCUT2D eigenvalue weighted by Crippen LogP contribution is 2.15. The lowest BCUT2D eigenvalue weighted by molar-refractivity contribution is 0.309. The highest BCUT2D eigenvalue weighted by Gasteiger charge is 2.29. The van der Waals surface area contributed by atoms with Gasteiger partial charge in [0, 0.05) is 38.4 Å². The minimum absolute atomic E-state index is 0.147. The molecular weight excluding hydrogens is 240 g/mol. The SMILES string of the molecule is CCn1cnc(S(=O)(=O)N2CCNC(C)C2)c1. The van der Waals surface area contributed by atoms with Crippen LogP contribution in [0, 0.1) is 0 Å². The molecular formula is C10H18N4O2S. The molecule has 0 saturated carbocycles. The first kappa shape index (κ1) is 12.5. The Morgan fingerprint density at radius 1 is 1.59 bits per heavy atom. The Kier molecular flexibility index (Phi) is 3.50. The first-order valence-electron chi connectivity index (χ1n) is 5.79. The first-order chi connectivity index (χ1) is 8.04. The van der Waals surface area contributed by atoms with E-state index in [2.05, 4.69) is 10.3 Å². The molecule has 2 heterocycles. The summed E-state index contributed by atoms with van der Waals surface area (Å²) < 4.78 is 27.8. The molecule has 0 spiro atoms. The van der Waals surface area contributed by atoms with Crippen LogP contribution in [0.4, 0.5) is 0 Å². The Hall–Kier alpha value is -0.920. The number of aryl methyl sites for hydroxylation is 1. The predicted molar refractivity (Wildman–Crippen MR) is 64.1 cm³/mol. The summed E-state index contributed by atoms with van der Waals surface area (Å²) in [6.07, 6.45) is 3.14. The third kappa shape index (κ3) is 2.51. The third-order valence-corrected chi connectivity index (χ3v) is 4.66. The monoisotopic (exact) mass is 258 g/mol.